The van der Waals surface area contributed by atoms with E-state index in [-0.39, 0.29) is 17.9 Å². The summed E-state index contributed by atoms with van der Waals surface area (Å²) in [6.07, 6.45) is 3.48. The number of anilines is 1. The molecule has 1 saturated heterocycles. The maximum absolute atomic E-state index is 12.4. The molecule has 19 heavy (non-hydrogen) atoms. The highest BCUT2D eigenvalue weighted by Gasteiger charge is 2.32. The van der Waals surface area contributed by atoms with Crippen LogP contribution in [0.5, 0.6) is 0 Å². The van der Waals surface area contributed by atoms with Crippen LogP contribution in [0.2, 0.25) is 0 Å². The van der Waals surface area contributed by atoms with Crippen LogP contribution in [0.1, 0.15) is 35.1 Å². The Morgan fingerprint density at radius 1 is 1.47 bits per heavy atom. The van der Waals surface area contributed by atoms with E-state index in [1.165, 1.54) is 11.3 Å². The summed E-state index contributed by atoms with van der Waals surface area (Å²) in [6.45, 7) is 0.727. The quantitative estimate of drug-likeness (QED) is 0.897. The Morgan fingerprint density at radius 3 is 3.11 bits per heavy atom. The molecular weight excluding hydrogens is 262 g/mol. The van der Waals surface area contributed by atoms with Crippen LogP contribution < -0.4 is 5.73 Å². The highest BCUT2D eigenvalue weighted by molar-refractivity contribution is 7.07. The molecule has 0 aromatic carbocycles. The predicted molar refractivity (Wildman–Crippen MR) is 71.6 cm³/mol. The van der Waals surface area contributed by atoms with Crippen molar-refractivity contribution >= 4 is 23.2 Å². The average Bonchev–Trinajstić information content (AvgIpc) is 3.09. The minimum atomic E-state index is -0.0408. The predicted octanol–water partition coefficient (Wildman–Crippen LogP) is 1.49. The lowest BCUT2D eigenvalue weighted by molar-refractivity contribution is 0.0727. The van der Waals surface area contributed by atoms with E-state index in [9.17, 15) is 4.79 Å². The fraction of sp³-hybridized carbons (Fsp3) is 0.333. The van der Waals surface area contributed by atoms with Gasteiger partial charge in [0, 0.05) is 18.1 Å². The zero-order valence-electron chi connectivity index (χ0n) is 10.2. The molecule has 1 aliphatic heterocycles. The van der Waals surface area contributed by atoms with Crippen LogP contribution in [0.15, 0.2) is 23.2 Å². The van der Waals surface area contributed by atoms with Crippen LogP contribution in [-0.4, -0.2) is 32.3 Å². The molecule has 98 valence electrons. The van der Waals surface area contributed by atoms with Gasteiger partial charge in [0.15, 0.2) is 0 Å². The molecule has 3 rings (SSSR count). The van der Waals surface area contributed by atoms with Crippen molar-refractivity contribution in [3.8, 4) is 0 Å². The second kappa shape index (κ2) is 4.93. The van der Waals surface area contributed by atoms with Gasteiger partial charge in [-0.3, -0.25) is 4.79 Å². The maximum atomic E-state index is 12.4. The Bertz CT molecular complexity index is 586. The van der Waals surface area contributed by atoms with Gasteiger partial charge in [-0.05, 0) is 18.9 Å². The average molecular weight is 275 g/mol. The normalized spacial score (nSPS) is 18.7. The Balaban J connectivity index is 1.88. The summed E-state index contributed by atoms with van der Waals surface area (Å²) < 4.78 is 0. The van der Waals surface area contributed by atoms with Gasteiger partial charge in [-0.15, -0.1) is 11.3 Å². The number of rotatable bonds is 2. The molecule has 0 unspecified atom stereocenters. The summed E-state index contributed by atoms with van der Waals surface area (Å²) in [5.74, 6) is 0.200. The van der Waals surface area contributed by atoms with Crippen molar-refractivity contribution in [2.24, 2.45) is 0 Å². The van der Waals surface area contributed by atoms with Crippen LogP contribution in [0.3, 0.4) is 0 Å². The first kappa shape index (κ1) is 12.0. The van der Waals surface area contributed by atoms with Gasteiger partial charge in [0.05, 0.1) is 17.2 Å². The summed E-state index contributed by atoms with van der Waals surface area (Å²) in [5, 5.41) is 1.77. The zero-order chi connectivity index (χ0) is 13.2. The number of hydrogen-bond donors (Lipinski definition) is 1. The molecule has 0 aliphatic carbocycles. The van der Waals surface area contributed by atoms with E-state index in [1.807, 2.05) is 11.0 Å². The second-order valence-corrected chi connectivity index (χ2v) is 5.09. The van der Waals surface area contributed by atoms with Crippen LogP contribution in [-0.2, 0) is 0 Å². The van der Waals surface area contributed by atoms with Gasteiger partial charge >= 0.3 is 0 Å². The van der Waals surface area contributed by atoms with Crippen molar-refractivity contribution in [1.29, 1.82) is 0 Å². The molecule has 1 fully saturated rings. The molecule has 1 amide bonds. The van der Waals surface area contributed by atoms with Crippen molar-refractivity contribution in [1.82, 2.24) is 19.9 Å². The van der Waals surface area contributed by atoms with Crippen LogP contribution in [0.4, 0.5) is 5.95 Å². The zero-order valence-corrected chi connectivity index (χ0v) is 11.0. The van der Waals surface area contributed by atoms with Crippen LogP contribution in [0, 0.1) is 0 Å². The fourth-order valence-corrected chi connectivity index (χ4v) is 2.88. The first-order valence-corrected chi connectivity index (χ1v) is 6.97. The molecule has 6 nitrogen and oxygen atoms in total. The molecule has 3 heterocycles. The number of thiazole rings is 1. The number of nitrogens with two attached hydrogens (primary N) is 1. The Morgan fingerprint density at radius 2 is 2.37 bits per heavy atom. The monoisotopic (exact) mass is 275 g/mol. The van der Waals surface area contributed by atoms with Crippen molar-refractivity contribution < 1.29 is 4.79 Å². The lowest BCUT2D eigenvalue weighted by Crippen LogP contribution is -2.31. The van der Waals surface area contributed by atoms with Crippen molar-refractivity contribution in [2.45, 2.75) is 18.9 Å². The van der Waals surface area contributed by atoms with Gasteiger partial charge in [-0.25, -0.2) is 15.0 Å². The molecule has 2 aromatic rings. The van der Waals surface area contributed by atoms with Gasteiger partial charge in [-0.2, -0.15) is 0 Å². The molecule has 0 bridgehead atoms. The number of likely N-dealkylation sites (tertiary alicyclic amines) is 1. The molecule has 2 aromatic heterocycles. The lowest BCUT2D eigenvalue weighted by atomic mass is 10.1. The largest absolute Gasteiger partial charge is 0.368 e. The summed E-state index contributed by atoms with van der Waals surface area (Å²) in [4.78, 5) is 26.4. The number of carbonyl (C=O) groups excluding carboxylic acids is 1. The van der Waals surface area contributed by atoms with E-state index in [2.05, 4.69) is 15.0 Å². The van der Waals surface area contributed by atoms with Gasteiger partial charge in [0.25, 0.3) is 5.91 Å². The fourth-order valence-electron chi connectivity index (χ4n) is 2.36. The number of aromatic nitrogens is 3. The minimum Gasteiger partial charge on any atom is -0.368 e. The number of nitrogens with zero attached hydrogens (tertiary/aromatic N) is 4. The molecule has 1 atom stereocenters. The summed E-state index contributed by atoms with van der Waals surface area (Å²) in [7, 11) is 0. The highest BCUT2D eigenvalue weighted by Crippen LogP contribution is 2.32. The third-order valence-electron chi connectivity index (χ3n) is 3.20. The Hall–Kier alpha value is -2.02. The summed E-state index contributed by atoms with van der Waals surface area (Å²) in [5.41, 5.74) is 8.57. The first-order valence-electron chi connectivity index (χ1n) is 6.03. The first-order chi connectivity index (χ1) is 9.25. The Labute approximate surface area is 114 Å². The smallest absolute Gasteiger partial charge is 0.273 e. The third kappa shape index (κ3) is 2.28. The topological polar surface area (TPSA) is 85.0 Å². The van der Waals surface area contributed by atoms with Gasteiger partial charge in [-0.1, -0.05) is 0 Å². The van der Waals surface area contributed by atoms with Gasteiger partial charge in [0.1, 0.15) is 5.69 Å². The molecule has 1 aliphatic rings. The molecular formula is C12H13N5OS. The summed E-state index contributed by atoms with van der Waals surface area (Å²) >= 11 is 1.42. The van der Waals surface area contributed by atoms with E-state index in [1.54, 1.807) is 17.1 Å². The van der Waals surface area contributed by atoms with Crippen molar-refractivity contribution in [3.05, 3.63) is 34.5 Å². The molecule has 0 spiro atoms. The van der Waals surface area contributed by atoms with E-state index < -0.39 is 0 Å². The molecule has 7 heteroatoms. The van der Waals surface area contributed by atoms with E-state index in [0.29, 0.717) is 5.69 Å². The van der Waals surface area contributed by atoms with Crippen LogP contribution >= 0.6 is 11.3 Å². The number of nitrogen functional groups attached to an aromatic ring is 1. The number of hydrogen-bond acceptors (Lipinski definition) is 6. The van der Waals surface area contributed by atoms with Gasteiger partial charge < -0.3 is 10.6 Å². The van der Waals surface area contributed by atoms with E-state index in [0.717, 1.165) is 25.1 Å². The molecule has 0 radical (unpaired) electrons. The van der Waals surface area contributed by atoms with Crippen molar-refractivity contribution in [2.75, 3.05) is 12.3 Å². The summed E-state index contributed by atoms with van der Waals surface area (Å²) in [6, 6.07) is 1.78. The van der Waals surface area contributed by atoms with E-state index in [4.69, 9.17) is 5.73 Å². The number of carbonyl (C=O) groups is 1. The number of amides is 1. The second-order valence-electron chi connectivity index (χ2n) is 4.37. The van der Waals surface area contributed by atoms with Gasteiger partial charge in [0.2, 0.25) is 5.95 Å². The molecule has 0 saturated carbocycles. The standard InChI is InChI=1S/C12H13N5OS/c13-12-14-4-3-8(16-12)10-2-1-5-17(10)11(18)9-6-19-7-15-9/h3-4,6-7,10H,1-2,5H2,(H2,13,14,16)/t10-/m1/s1. The SMILES string of the molecule is Nc1nccc([C@H]2CCCN2C(=O)c2cscn2)n1. The maximum Gasteiger partial charge on any atom is 0.273 e. The lowest BCUT2D eigenvalue weighted by Gasteiger charge is -2.23. The highest BCUT2D eigenvalue weighted by atomic mass is 32.1. The third-order valence-corrected chi connectivity index (χ3v) is 3.79. The minimum absolute atomic E-state index is 0.0282. The Kier molecular flexibility index (Phi) is 3.12. The molecule has 2 N–H and O–H groups in total. The van der Waals surface area contributed by atoms with Crippen molar-refractivity contribution in [3.63, 3.8) is 0 Å². The van der Waals surface area contributed by atoms with Crippen LogP contribution in [0.25, 0.3) is 0 Å². The van der Waals surface area contributed by atoms with E-state index >= 15 is 0 Å².